The molecule has 0 saturated carbocycles. The van der Waals surface area contributed by atoms with E-state index in [1.807, 2.05) is 12.1 Å². The van der Waals surface area contributed by atoms with Crippen LogP contribution in [-0.4, -0.2) is 54.0 Å². The van der Waals surface area contributed by atoms with Crippen molar-refractivity contribution in [2.75, 3.05) is 44.1 Å². The lowest BCUT2D eigenvalue weighted by molar-refractivity contribution is 0.355. The lowest BCUT2D eigenvalue weighted by Crippen LogP contribution is -2.36. The van der Waals surface area contributed by atoms with Gasteiger partial charge in [0.1, 0.15) is 12.1 Å². The summed E-state index contributed by atoms with van der Waals surface area (Å²) in [6.45, 7) is 2.80. The number of hydrogen-bond acceptors (Lipinski definition) is 9. The van der Waals surface area contributed by atoms with E-state index < -0.39 is 0 Å². The third-order valence-corrected chi connectivity index (χ3v) is 6.06. The molecule has 2 aromatic heterocycles. The van der Waals surface area contributed by atoms with E-state index in [0.717, 1.165) is 54.3 Å². The number of aromatic amines is 1. The molecule has 28 heavy (non-hydrogen) atoms. The van der Waals surface area contributed by atoms with E-state index in [1.165, 1.54) is 11.3 Å². The second kappa shape index (κ2) is 8.27. The van der Waals surface area contributed by atoms with Gasteiger partial charge in [-0.05, 0) is 37.0 Å². The Bertz CT molecular complexity index is 1010. The van der Waals surface area contributed by atoms with E-state index in [4.69, 9.17) is 21.7 Å². The molecule has 0 unspecified atom stereocenters. The fraction of sp³-hybridized carbons (Fsp3) is 0.444. The van der Waals surface area contributed by atoms with Crippen LogP contribution < -0.4 is 19.7 Å². The molecular weight excluding hydrogens is 396 g/mol. The monoisotopic (exact) mass is 418 g/mol. The average Bonchev–Trinajstić information content (AvgIpc) is 3.16. The van der Waals surface area contributed by atoms with Crippen molar-refractivity contribution in [2.24, 2.45) is 5.92 Å². The number of rotatable bonds is 6. The van der Waals surface area contributed by atoms with Crippen LogP contribution in [0.5, 0.6) is 11.5 Å². The number of methoxy groups -OCH3 is 2. The van der Waals surface area contributed by atoms with Crippen LogP contribution in [0.2, 0.25) is 0 Å². The van der Waals surface area contributed by atoms with Crippen molar-refractivity contribution in [2.45, 2.75) is 12.8 Å². The number of hydrogen-bond donors (Lipinski definition) is 2. The van der Waals surface area contributed by atoms with E-state index in [1.54, 1.807) is 20.5 Å². The van der Waals surface area contributed by atoms with Crippen molar-refractivity contribution in [3.63, 3.8) is 0 Å². The molecule has 1 aliphatic rings. The van der Waals surface area contributed by atoms with Gasteiger partial charge >= 0.3 is 0 Å². The second-order valence-electron chi connectivity index (χ2n) is 6.65. The molecule has 3 aromatic rings. The summed E-state index contributed by atoms with van der Waals surface area (Å²) in [5.41, 5.74) is 0.853. The number of nitrogens with one attached hydrogen (secondary N) is 2. The van der Waals surface area contributed by atoms with Crippen LogP contribution in [0.15, 0.2) is 18.5 Å². The van der Waals surface area contributed by atoms with E-state index in [9.17, 15) is 0 Å². The topological polar surface area (TPSA) is 88.2 Å². The van der Waals surface area contributed by atoms with Crippen molar-refractivity contribution in [3.8, 4) is 11.5 Å². The van der Waals surface area contributed by atoms with Crippen LogP contribution in [0.1, 0.15) is 12.8 Å². The fourth-order valence-corrected chi connectivity index (χ4v) is 4.30. The number of piperidine rings is 1. The summed E-state index contributed by atoms with van der Waals surface area (Å²) in [5, 5.41) is 12.2. The fourth-order valence-electron chi connectivity index (χ4n) is 3.51. The van der Waals surface area contributed by atoms with Gasteiger partial charge in [0.15, 0.2) is 15.5 Å². The Morgan fingerprint density at radius 1 is 1.21 bits per heavy atom. The molecule has 1 fully saturated rings. The predicted molar refractivity (Wildman–Crippen MR) is 113 cm³/mol. The van der Waals surface area contributed by atoms with Gasteiger partial charge in [-0.15, -0.1) is 5.10 Å². The van der Waals surface area contributed by atoms with E-state index >= 15 is 0 Å². The lowest BCUT2D eigenvalue weighted by atomic mass is 9.96. The number of H-pyrrole nitrogens is 1. The van der Waals surface area contributed by atoms with Gasteiger partial charge < -0.3 is 19.7 Å². The highest BCUT2D eigenvalue weighted by atomic mass is 32.1. The molecule has 148 valence electrons. The van der Waals surface area contributed by atoms with Crippen molar-refractivity contribution >= 4 is 45.4 Å². The van der Waals surface area contributed by atoms with Gasteiger partial charge in [0.25, 0.3) is 0 Å². The zero-order valence-electron chi connectivity index (χ0n) is 15.8. The molecule has 1 saturated heterocycles. The van der Waals surface area contributed by atoms with Crippen molar-refractivity contribution in [3.05, 3.63) is 22.4 Å². The standard InChI is InChI=1S/C18H22N6O2S2/c1-25-14-7-12-13(8-15(14)26-2)20-10-21-16(12)24-5-3-11(4-6-24)9-19-17-22-23-18(27)28-17/h7-8,10-11H,3-6,9H2,1-2H3,(H,19,22)(H,23,27). The summed E-state index contributed by atoms with van der Waals surface area (Å²) in [6, 6.07) is 3.86. The summed E-state index contributed by atoms with van der Waals surface area (Å²) in [4.78, 5) is 11.3. The van der Waals surface area contributed by atoms with Crippen molar-refractivity contribution < 1.29 is 9.47 Å². The summed E-state index contributed by atoms with van der Waals surface area (Å²) in [6.07, 6.45) is 3.78. The average molecular weight is 419 g/mol. The molecule has 1 aliphatic heterocycles. The Balaban J connectivity index is 1.46. The number of aromatic nitrogens is 4. The minimum Gasteiger partial charge on any atom is -0.493 e. The zero-order chi connectivity index (χ0) is 19.5. The van der Waals surface area contributed by atoms with Crippen LogP contribution in [-0.2, 0) is 0 Å². The smallest absolute Gasteiger partial charge is 0.204 e. The number of fused-ring (bicyclic) bond motifs is 1. The SMILES string of the molecule is COc1cc2ncnc(N3CCC(CNc4n[nH]c(=S)s4)CC3)c2cc1OC. The molecule has 0 atom stereocenters. The van der Waals surface area contributed by atoms with Crippen LogP contribution in [0.25, 0.3) is 10.9 Å². The second-order valence-corrected chi connectivity index (χ2v) is 8.32. The molecular formula is C18H22N6O2S2. The first-order chi connectivity index (χ1) is 13.7. The Hall–Kier alpha value is -2.46. The van der Waals surface area contributed by atoms with E-state index in [2.05, 4.69) is 30.4 Å². The number of benzene rings is 1. The summed E-state index contributed by atoms with van der Waals surface area (Å²) in [7, 11) is 3.27. The molecule has 0 bridgehead atoms. The number of nitrogens with zero attached hydrogens (tertiary/aromatic N) is 4. The van der Waals surface area contributed by atoms with E-state index in [0.29, 0.717) is 21.4 Å². The highest BCUT2D eigenvalue weighted by Gasteiger charge is 2.22. The molecule has 0 amide bonds. The molecule has 1 aromatic carbocycles. The van der Waals surface area contributed by atoms with E-state index in [-0.39, 0.29) is 0 Å². The molecule has 3 heterocycles. The summed E-state index contributed by atoms with van der Waals surface area (Å²) < 4.78 is 11.5. The van der Waals surface area contributed by atoms with Gasteiger partial charge in [-0.25, -0.2) is 9.97 Å². The van der Waals surface area contributed by atoms with Crippen LogP contribution in [0.3, 0.4) is 0 Å². The maximum absolute atomic E-state index is 5.46. The number of anilines is 2. The minimum absolute atomic E-state index is 0.594. The number of ether oxygens (including phenoxy) is 2. The van der Waals surface area contributed by atoms with Gasteiger partial charge in [-0.2, -0.15) is 0 Å². The van der Waals surface area contributed by atoms with Crippen LogP contribution in [0.4, 0.5) is 10.9 Å². The molecule has 0 spiro atoms. The van der Waals surface area contributed by atoms with Gasteiger partial charge in [0.05, 0.1) is 19.7 Å². The third kappa shape index (κ3) is 3.88. The first-order valence-corrected chi connectivity index (χ1v) is 10.3. The first-order valence-electron chi connectivity index (χ1n) is 9.09. The van der Waals surface area contributed by atoms with Crippen LogP contribution in [0, 0.1) is 9.87 Å². The summed E-state index contributed by atoms with van der Waals surface area (Å²) >= 11 is 6.54. The third-order valence-electron chi connectivity index (χ3n) is 5.01. The van der Waals surface area contributed by atoms with Crippen molar-refractivity contribution in [1.82, 2.24) is 20.2 Å². The predicted octanol–water partition coefficient (Wildman–Crippen LogP) is 3.49. The molecule has 4 rings (SSSR count). The minimum atomic E-state index is 0.594. The lowest BCUT2D eigenvalue weighted by Gasteiger charge is -2.33. The van der Waals surface area contributed by atoms with Crippen LogP contribution >= 0.6 is 23.6 Å². The first kappa shape index (κ1) is 18.9. The zero-order valence-corrected chi connectivity index (χ0v) is 17.4. The highest BCUT2D eigenvalue weighted by molar-refractivity contribution is 7.73. The Morgan fingerprint density at radius 2 is 1.96 bits per heavy atom. The molecule has 8 nitrogen and oxygen atoms in total. The Labute approximate surface area is 171 Å². The molecule has 10 heteroatoms. The molecule has 2 N–H and O–H groups in total. The van der Waals surface area contributed by atoms with Crippen molar-refractivity contribution in [1.29, 1.82) is 0 Å². The van der Waals surface area contributed by atoms with Gasteiger partial charge in [-0.3, -0.25) is 5.10 Å². The van der Waals surface area contributed by atoms with Gasteiger partial charge in [0.2, 0.25) is 5.13 Å². The normalized spacial score (nSPS) is 15.0. The maximum Gasteiger partial charge on any atom is 0.204 e. The maximum atomic E-state index is 5.46. The Kier molecular flexibility index (Phi) is 5.58. The van der Waals surface area contributed by atoms with Gasteiger partial charge in [0, 0.05) is 31.1 Å². The van der Waals surface area contributed by atoms with Gasteiger partial charge in [-0.1, -0.05) is 11.3 Å². The Morgan fingerprint density at radius 3 is 2.64 bits per heavy atom. The molecule has 0 radical (unpaired) electrons. The molecule has 0 aliphatic carbocycles. The summed E-state index contributed by atoms with van der Waals surface area (Å²) in [5.74, 6) is 2.90. The largest absolute Gasteiger partial charge is 0.493 e. The quantitative estimate of drug-likeness (QED) is 0.588. The highest BCUT2D eigenvalue weighted by Crippen LogP contribution is 2.35.